The number of rotatable bonds is 7. The molecule has 0 aromatic carbocycles. The van der Waals surface area contributed by atoms with Gasteiger partial charge in [0.05, 0.1) is 12.0 Å². The minimum absolute atomic E-state index is 0.204. The van der Waals surface area contributed by atoms with Gasteiger partial charge in [-0.2, -0.15) is 13.5 Å². The molecular formula is C15H21FN6O5S2. The molecule has 0 amide bonds. The largest absolute Gasteiger partial charge is 0.387 e. The Kier molecular flexibility index (Phi) is 5.41. The van der Waals surface area contributed by atoms with Crippen LogP contribution >= 0.6 is 11.8 Å². The van der Waals surface area contributed by atoms with E-state index in [4.69, 9.17) is 15.6 Å². The number of nitrogens with two attached hydrogens (primary N) is 2. The molecule has 4 rings (SSSR count). The van der Waals surface area contributed by atoms with Crippen molar-refractivity contribution >= 4 is 38.9 Å². The van der Waals surface area contributed by atoms with Gasteiger partial charge in [-0.1, -0.05) is 6.92 Å². The Hall–Kier alpha value is -1.58. The second-order valence-electron chi connectivity index (χ2n) is 7.27. The number of alkyl halides is 1. The molecule has 6 atom stereocenters. The van der Waals surface area contributed by atoms with Gasteiger partial charge in [0.25, 0.3) is 0 Å². The van der Waals surface area contributed by atoms with Crippen LogP contribution in [-0.4, -0.2) is 64.0 Å². The molecule has 5 N–H and O–H groups in total. The molecule has 0 spiro atoms. The Balaban J connectivity index is 1.62. The van der Waals surface area contributed by atoms with Crippen molar-refractivity contribution in [1.29, 1.82) is 0 Å². The highest BCUT2D eigenvalue weighted by Gasteiger charge is 2.47. The third-order valence-electron chi connectivity index (χ3n) is 5.13. The molecular weight excluding hydrogens is 427 g/mol. The first kappa shape index (κ1) is 20.7. The summed E-state index contributed by atoms with van der Waals surface area (Å²) in [4.78, 5) is 8.14. The number of nitrogens with zero attached hydrogens (tertiary/aromatic N) is 4. The van der Waals surface area contributed by atoms with Gasteiger partial charge in [-0.15, -0.1) is 11.8 Å². The lowest BCUT2D eigenvalue weighted by Gasteiger charge is -2.14. The minimum atomic E-state index is -4.26. The maximum absolute atomic E-state index is 14.8. The molecule has 14 heteroatoms. The number of halogens is 1. The number of aliphatic hydroxyl groups is 1. The van der Waals surface area contributed by atoms with Gasteiger partial charge in [0.15, 0.2) is 18.0 Å². The second-order valence-corrected chi connectivity index (χ2v) is 9.50. The van der Waals surface area contributed by atoms with E-state index in [1.165, 1.54) is 22.8 Å². The topological polar surface area (TPSA) is 168 Å². The molecule has 0 unspecified atom stereocenters. The Bertz CT molecular complexity index is 1020. The summed E-state index contributed by atoms with van der Waals surface area (Å²) in [6, 6.07) is 0. The number of ether oxygens (including phenoxy) is 1. The average molecular weight is 449 g/mol. The van der Waals surface area contributed by atoms with E-state index in [1.54, 1.807) is 0 Å². The fourth-order valence-corrected chi connectivity index (χ4v) is 4.91. The van der Waals surface area contributed by atoms with Crippen LogP contribution in [0.3, 0.4) is 0 Å². The van der Waals surface area contributed by atoms with Crippen molar-refractivity contribution in [2.75, 3.05) is 18.1 Å². The number of hydrogen-bond acceptors (Lipinski definition) is 10. The predicted molar refractivity (Wildman–Crippen MR) is 102 cm³/mol. The van der Waals surface area contributed by atoms with E-state index in [2.05, 4.69) is 26.2 Å². The highest BCUT2D eigenvalue weighted by Crippen LogP contribution is 2.43. The van der Waals surface area contributed by atoms with E-state index < -0.39 is 41.5 Å². The molecule has 1 aliphatic carbocycles. The van der Waals surface area contributed by atoms with Crippen LogP contribution < -0.4 is 10.9 Å². The molecule has 2 fully saturated rings. The van der Waals surface area contributed by atoms with Crippen LogP contribution in [0.15, 0.2) is 11.4 Å². The lowest BCUT2D eigenvalue weighted by atomic mass is 10.1. The number of aliphatic hydroxyl groups excluding tert-OH is 1. The van der Waals surface area contributed by atoms with Crippen molar-refractivity contribution in [3.63, 3.8) is 0 Å². The van der Waals surface area contributed by atoms with Crippen LogP contribution in [0, 0.1) is 11.8 Å². The average Bonchev–Trinajstić information content (AvgIpc) is 3.11. The lowest BCUT2D eigenvalue weighted by molar-refractivity contribution is -0.0456. The predicted octanol–water partition coefficient (Wildman–Crippen LogP) is -0.0269. The van der Waals surface area contributed by atoms with Gasteiger partial charge in [0.2, 0.25) is 0 Å². The monoisotopic (exact) mass is 448 g/mol. The van der Waals surface area contributed by atoms with Crippen LogP contribution in [0.2, 0.25) is 0 Å². The first-order chi connectivity index (χ1) is 13.7. The van der Waals surface area contributed by atoms with E-state index in [9.17, 15) is 17.9 Å². The summed E-state index contributed by atoms with van der Waals surface area (Å²) in [5, 5.41) is 20.3. The molecule has 160 valence electrons. The lowest BCUT2D eigenvalue weighted by Crippen LogP contribution is -2.33. The number of thioether (sulfide) groups is 1. The number of nitrogen functional groups attached to an aromatic ring is 1. The van der Waals surface area contributed by atoms with Gasteiger partial charge < -0.3 is 15.6 Å². The fourth-order valence-electron chi connectivity index (χ4n) is 3.26. The molecule has 3 heterocycles. The van der Waals surface area contributed by atoms with Crippen molar-refractivity contribution in [2.45, 2.75) is 43.0 Å². The summed E-state index contributed by atoms with van der Waals surface area (Å²) >= 11 is 1.48. The fraction of sp³-hybridized carbons (Fsp3) is 0.667. The summed E-state index contributed by atoms with van der Waals surface area (Å²) in [5.74, 6) is 2.28. The number of anilines is 1. The molecule has 1 aliphatic heterocycles. The third-order valence-corrected chi connectivity index (χ3v) is 6.75. The van der Waals surface area contributed by atoms with Gasteiger partial charge in [-0.05, 0) is 18.3 Å². The first-order valence-corrected chi connectivity index (χ1v) is 11.4. The highest BCUT2D eigenvalue weighted by atomic mass is 32.2. The zero-order valence-electron chi connectivity index (χ0n) is 15.4. The molecule has 2 aliphatic rings. The molecule has 0 radical (unpaired) electrons. The molecule has 1 saturated heterocycles. The zero-order valence-corrected chi connectivity index (χ0v) is 17.0. The van der Waals surface area contributed by atoms with E-state index in [0.29, 0.717) is 22.2 Å². The second kappa shape index (κ2) is 7.59. The minimum Gasteiger partial charge on any atom is -0.387 e. The van der Waals surface area contributed by atoms with Crippen LogP contribution in [-0.2, 0) is 19.2 Å². The maximum atomic E-state index is 14.8. The SMILES string of the molecule is C[C@H]1C[C@H]1CSc1nn([C@@H]2O[C@H](COS(N)(=O)=O)[C@@H](O)[C@@H]2F)c2ncnc(N)c12. The molecule has 29 heavy (non-hydrogen) atoms. The standard InChI is InChI=1S/C15H21FN6O5S2/c1-6-2-7(6)4-28-14-9-12(17)19-5-20-13(9)22(21-14)15-10(16)11(23)8(27-15)3-26-29(18,24)25/h5-8,10-11,15,23H,2-4H2,1H3,(H2,17,19,20)(H2,18,24,25)/t6-,7-,8+,10-,11+,15+/m0/s1. The van der Waals surface area contributed by atoms with Crippen molar-refractivity contribution in [3.05, 3.63) is 6.33 Å². The van der Waals surface area contributed by atoms with Gasteiger partial charge in [0.1, 0.15) is 29.4 Å². The zero-order chi connectivity index (χ0) is 20.9. The molecule has 1 saturated carbocycles. The summed E-state index contributed by atoms with van der Waals surface area (Å²) in [5.41, 5.74) is 6.26. The van der Waals surface area contributed by atoms with E-state index >= 15 is 0 Å². The van der Waals surface area contributed by atoms with Crippen molar-refractivity contribution in [3.8, 4) is 0 Å². The summed E-state index contributed by atoms with van der Waals surface area (Å²) in [6.45, 7) is 1.54. The normalized spacial score (nSPS) is 32.1. The van der Waals surface area contributed by atoms with Crippen LogP contribution in [0.4, 0.5) is 10.2 Å². The van der Waals surface area contributed by atoms with Gasteiger partial charge in [-0.3, -0.25) is 4.18 Å². The quantitative estimate of drug-likeness (QED) is 0.489. The number of hydrogen-bond donors (Lipinski definition) is 3. The Labute approximate surface area is 170 Å². The van der Waals surface area contributed by atoms with E-state index in [0.717, 1.165) is 12.2 Å². The maximum Gasteiger partial charge on any atom is 0.333 e. The van der Waals surface area contributed by atoms with Crippen LogP contribution in [0.5, 0.6) is 0 Å². The molecule has 2 aromatic rings. The van der Waals surface area contributed by atoms with Crippen LogP contribution in [0.25, 0.3) is 11.0 Å². The smallest absolute Gasteiger partial charge is 0.333 e. The Morgan fingerprint density at radius 3 is 2.86 bits per heavy atom. The van der Waals surface area contributed by atoms with Gasteiger partial charge in [-0.25, -0.2) is 24.2 Å². The molecule has 2 aromatic heterocycles. The molecule has 0 bridgehead atoms. The Morgan fingerprint density at radius 2 is 2.21 bits per heavy atom. The number of fused-ring (bicyclic) bond motifs is 1. The van der Waals surface area contributed by atoms with Gasteiger partial charge in [0, 0.05) is 5.75 Å². The van der Waals surface area contributed by atoms with E-state index in [-0.39, 0.29) is 11.5 Å². The Morgan fingerprint density at radius 1 is 1.48 bits per heavy atom. The molecule has 11 nitrogen and oxygen atoms in total. The third kappa shape index (κ3) is 4.18. The van der Waals surface area contributed by atoms with Crippen LogP contribution in [0.1, 0.15) is 19.6 Å². The summed E-state index contributed by atoms with van der Waals surface area (Å²) in [7, 11) is -4.26. The number of aromatic nitrogens is 4. The van der Waals surface area contributed by atoms with E-state index in [1.807, 2.05) is 0 Å². The first-order valence-electron chi connectivity index (χ1n) is 8.92. The summed E-state index contributed by atoms with van der Waals surface area (Å²) < 4.78 is 47.9. The highest BCUT2D eigenvalue weighted by molar-refractivity contribution is 7.99. The van der Waals surface area contributed by atoms with Crippen molar-refractivity contribution < 1.29 is 26.8 Å². The van der Waals surface area contributed by atoms with Crippen molar-refractivity contribution in [1.82, 2.24) is 19.7 Å². The van der Waals surface area contributed by atoms with Crippen molar-refractivity contribution in [2.24, 2.45) is 17.0 Å². The van der Waals surface area contributed by atoms with Gasteiger partial charge >= 0.3 is 10.3 Å². The summed E-state index contributed by atoms with van der Waals surface area (Å²) in [6.07, 6.45) is -3.75.